The smallest absolute Gasteiger partial charge is 0.352 e. The SMILES string of the molecule is O=C(C[C@H]1CC[C@H](NC(=O)[C@@H]2C[C@@H](c3ccccc3)CN2)CC1)Nc1cc(C(F)(F)F)cc(C(F)(F)F)c1. The summed E-state index contributed by atoms with van der Waals surface area (Å²) in [5.74, 6) is -0.518. The van der Waals surface area contributed by atoms with Crippen LogP contribution in [-0.4, -0.2) is 30.4 Å². The highest BCUT2D eigenvalue weighted by Crippen LogP contribution is 2.38. The highest BCUT2D eigenvalue weighted by molar-refractivity contribution is 5.91. The van der Waals surface area contributed by atoms with Gasteiger partial charge in [0.2, 0.25) is 11.8 Å². The third-order valence-corrected chi connectivity index (χ3v) is 7.26. The molecule has 1 saturated heterocycles. The largest absolute Gasteiger partial charge is 0.416 e. The van der Waals surface area contributed by atoms with Gasteiger partial charge >= 0.3 is 12.4 Å². The van der Waals surface area contributed by atoms with Crippen LogP contribution in [0.4, 0.5) is 32.0 Å². The Hall–Kier alpha value is -3.08. The van der Waals surface area contributed by atoms with Gasteiger partial charge in [0.25, 0.3) is 0 Å². The van der Waals surface area contributed by atoms with Crippen LogP contribution in [0.5, 0.6) is 0 Å². The van der Waals surface area contributed by atoms with E-state index in [4.69, 9.17) is 0 Å². The highest BCUT2D eigenvalue weighted by atomic mass is 19.4. The van der Waals surface area contributed by atoms with E-state index in [1.807, 2.05) is 30.3 Å². The van der Waals surface area contributed by atoms with Crippen LogP contribution in [0.25, 0.3) is 0 Å². The van der Waals surface area contributed by atoms with Gasteiger partial charge in [-0.15, -0.1) is 0 Å². The Morgan fingerprint density at radius 3 is 2.05 bits per heavy atom. The summed E-state index contributed by atoms with van der Waals surface area (Å²) in [6.45, 7) is 0.723. The zero-order chi connectivity index (χ0) is 27.5. The van der Waals surface area contributed by atoms with Crippen LogP contribution in [0.3, 0.4) is 0 Å². The third kappa shape index (κ3) is 7.27. The molecule has 2 amide bonds. The predicted octanol–water partition coefficient (Wildman–Crippen LogP) is 5.87. The number of hydrogen-bond acceptors (Lipinski definition) is 3. The van der Waals surface area contributed by atoms with Gasteiger partial charge in [0.1, 0.15) is 0 Å². The number of amides is 2. The molecule has 3 N–H and O–H groups in total. The van der Waals surface area contributed by atoms with Crippen molar-refractivity contribution in [3.63, 3.8) is 0 Å². The fraction of sp³-hybridized carbons (Fsp3) is 0.481. The Kier molecular flexibility index (Phi) is 8.34. The van der Waals surface area contributed by atoms with Crippen molar-refractivity contribution < 1.29 is 35.9 Å². The van der Waals surface area contributed by atoms with Gasteiger partial charge in [-0.25, -0.2) is 0 Å². The zero-order valence-electron chi connectivity index (χ0n) is 20.5. The van der Waals surface area contributed by atoms with Crippen LogP contribution >= 0.6 is 0 Å². The molecule has 0 spiro atoms. The normalized spacial score (nSPS) is 24.2. The van der Waals surface area contributed by atoms with Crippen LogP contribution in [0.2, 0.25) is 0 Å². The molecule has 206 valence electrons. The number of rotatable bonds is 6. The number of benzene rings is 2. The third-order valence-electron chi connectivity index (χ3n) is 7.26. The van der Waals surface area contributed by atoms with E-state index < -0.39 is 35.1 Å². The Labute approximate surface area is 216 Å². The van der Waals surface area contributed by atoms with Gasteiger partial charge in [-0.05, 0) is 67.7 Å². The van der Waals surface area contributed by atoms with Crippen molar-refractivity contribution in [1.82, 2.24) is 10.6 Å². The second-order valence-corrected chi connectivity index (χ2v) is 10.1. The lowest BCUT2D eigenvalue weighted by molar-refractivity contribution is -0.143. The average Bonchev–Trinajstić information content (AvgIpc) is 3.35. The molecule has 2 aromatic carbocycles. The minimum absolute atomic E-state index is 0.0220. The first-order valence-corrected chi connectivity index (χ1v) is 12.6. The Bertz CT molecular complexity index is 1100. The molecule has 1 saturated carbocycles. The molecule has 4 rings (SSSR count). The van der Waals surface area contributed by atoms with Crippen molar-refractivity contribution in [2.24, 2.45) is 5.92 Å². The number of alkyl halides is 6. The van der Waals surface area contributed by atoms with Crippen LogP contribution in [0, 0.1) is 5.92 Å². The quantitative estimate of drug-likeness (QED) is 0.401. The van der Waals surface area contributed by atoms with Crippen molar-refractivity contribution >= 4 is 17.5 Å². The molecule has 5 nitrogen and oxygen atoms in total. The number of nitrogens with one attached hydrogen (secondary N) is 3. The van der Waals surface area contributed by atoms with Gasteiger partial charge in [-0.1, -0.05) is 30.3 Å². The minimum atomic E-state index is -4.99. The molecule has 11 heteroatoms. The summed E-state index contributed by atoms with van der Waals surface area (Å²) < 4.78 is 78.3. The Balaban J connectivity index is 1.25. The lowest BCUT2D eigenvalue weighted by atomic mass is 9.83. The van der Waals surface area contributed by atoms with Crippen LogP contribution in [0.15, 0.2) is 48.5 Å². The fourth-order valence-corrected chi connectivity index (χ4v) is 5.23. The topological polar surface area (TPSA) is 70.2 Å². The van der Waals surface area contributed by atoms with E-state index in [1.54, 1.807) is 0 Å². The van der Waals surface area contributed by atoms with E-state index in [0.29, 0.717) is 44.2 Å². The van der Waals surface area contributed by atoms with Gasteiger partial charge in [0, 0.05) is 24.7 Å². The van der Waals surface area contributed by atoms with Crippen LogP contribution in [0.1, 0.15) is 61.1 Å². The maximum absolute atomic E-state index is 13.1. The molecule has 1 aliphatic heterocycles. The number of anilines is 1. The highest BCUT2D eigenvalue weighted by Gasteiger charge is 2.37. The first kappa shape index (κ1) is 27.9. The number of carbonyl (C=O) groups is 2. The summed E-state index contributed by atoms with van der Waals surface area (Å²) in [6, 6.07) is 10.7. The molecule has 2 aromatic rings. The predicted molar refractivity (Wildman–Crippen MR) is 129 cm³/mol. The van der Waals surface area contributed by atoms with E-state index in [-0.39, 0.29) is 42.3 Å². The molecular formula is C27H29F6N3O2. The lowest BCUT2D eigenvalue weighted by Crippen LogP contribution is -2.46. The van der Waals surface area contributed by atoms with Crippen LogP contribution in [-0.2, 0) is 21.9 Å². The monoisotopic (exact) mass is 541 g/mol. The van der Waals surface area contributed by atoms with Crippen LogP contribution < -0.4 is 16.0 Å². The van der Waals surface area contributed by atoms with Gasteiger partial charge in [0.15, 0.2) is 0 Å². The molecule has 0 unspecified atom stereocenters. The average molecular weight is 542 g/mol. The minimum Gasteiger partial charge on any atom is -0.352 e. The zero-order valence-corrected chi connectivity index (χ0v) is 20.5. The van der Waals surface area contributed by atoms with Crippen molar-refractivity contribution in [2.75, 3.05) is 11.9 Å². The van der Waals surface area contributed by atoms with E-state index in [1.165, 1.54) is 5.56 Å². The summed E-state index contributed by atoms with van der Waals surface area (Å²) in [5, 5.41) is 8.54. The molecule has 1 aliphatic carbocycles. The van der Waals surface area contributed by atoms with E-state index in [2.05, 4.69) is 16.0 Å². The molecule has 2 atom stereocenters. The Morgan fingerprint density at radius 2 is 1.47 bits per heavy atom. The summed E-state index contributed by atoms with van der Waals surface area (Å²) in [7, 11) is 0. The van der Waals surface area contributed by atoms with Gasteiger partial charge < -0.3 is 16.0 Å². The second-order valence-electron chi connectivity index (χ2n) is 10.1. The van der Waals surface area contributed by atoms with E-state index in [9.17, 15) is 35.9 Å². The summed E-state index contributed by atoms with van der Waals surface area (Å²) >= 11 is 0. The number of halogens is 6. The van der Waals surface area contributed by atoms with Crippen molar-refractivity contribution in [3.05, 3.63) is 65.2 Å². The molecule has 0 radical (unpaired) electrons. The van der Waals surface area contributed by atoms with Crippen molar-refractivity contribution in [3.8, 4) is 0 Å². The lowest BCUT2D eigenvalue weighted by Gasteiger charge is -2.29. The van der Waals surface area contributed by atoms with Crippen molar-refractivity contribution in [1.29, 1.82) is 0 Å². The molecule has 38 heavy (non-hydrogen) atoms. The summed E-state index contributed by atoms with van der Waals surface area (Å²) in [6.07, 6.45) is -6.79. The maximum atomic E-state index is 13.1. The summed E-state index contributed by atoms with van der Waals surface area (Å²) in [4.78, 5) is 25.2. The number of hydrogen-bond donors (Lipinski definition) is 3. The molecular weight excluding hydrogens is 512 g/mol. The van der Waals surface area contributed by atoms with E-state index in [0.717, 1.165) is 6.54 Å². The van der Waals surface area contributed by atoms with Gasteiger partial charge in [-0.2, -0.15) is 26.3 Å². The Morgan fingerprint density at radius 1 is 0.868 bits per heavy atom. The first-order valence-electron chi connectivity index (χ1n) is 12.6. The second kappa shape index (κ2) is 11.3. The summed E-state index contributed by atoms with van der Waals surface area (Å²) in [5.41, 5.74) is -2.32. The molecule has 2 aliphatic rings. The molecule has 1 heterocycles. The fourth-order valence-electron chi connectivity index (χ4n) is 5.23. The van der Waals surface area contributed by atoms with Gasteiger partial charge in [0.05, 0.1) is 17.2 Å². The van der Waals surface area contributed by atoms with E-state index >= 15 is 0 Å². The number of carbonyl (C=O) groups excluding carboxylic acids is 2. The molecule has 0 aromatic heterocycles. The standard InChI is InChI=1S/C27H29F6N3O2/c28-26(29,30)19-12-20(27(31,32)33)14-22(13-19)35-24(37)10-16-6-8-21(9-7-16)36-25(38)23-11-18(15-34-23)17-4-2-1-3-5-17/h1-5,12-14,16,18,21,23,34H,6-11,15H2,(H,35,37)(H,36,38)/t16-,18-,21-,23+/m1/s1. The molecule has 0 bridgehead atoms. The maximum Gasteiger partial charge on any atom is 0.416 e. The molecule has 2 fully saturated rings. The first-order chi connectivity index (χ1) is 17.9. The van der Waals surface area contributed by atoms with Gasteiger partial charge in [-0.3, -0.25) is 9.59 Å². The van der Waals surface area contributed by atoms with Crippen molar-refractivity contribution in [2.45, 2.75) is 68.9 Å².